The van der Waals surface area contributed by atoms with Gasteiger partial charge in [-0.05, 0) is 62.4 Å². The smallest absolute Gasteiger partial charge is 0.235 e. The molecule has 28 heavy (non-hydrogen) atoms. The highest BCUT2D eigenvalue weighted by Crippen LogP contribution is 2.42. The number of carbonyl (C=O) groups excluding carboxylic acids is 1. The number of ether oxygens (including phenoxy) is 1. The number of anilines is 1. The van der Waals surface area contributed by atoms with Crippen LogP contribution in [0.4, 0.5) is 10.1 Å². The predicted octanol–water partition coefficient (Wildman–Crippen LogP) is 6.07. The maximum atomic E-state index is 14.6. The first-order valence-corrected chi connectivity index (χ1v) is 10.3. The lowest BCUT2D eigenvalue weighted by molar-refractivity contribution is -0.122. The van der Waals surface area contributed by atoms with Gasteiger partial charge in [0.2, 0.25) is 5.91 Å². The SMILES string of the molecule is CCCOc1c(C)cc(NC(=O)C2(c3ccccc3F)CCCCC2)cc1C. The highest BCUT2D eigenvalue weighted by molar-refractivity contribution is 5.99. The van der Waals surface area contributed by atoms with Gasteiger partial charge >= 0.3 is 0 Å². The molecule has 2 aromatic carbocycles. The van der Waals surface area contributed by atoms with Crippen LogP contribution >= 0.6 is 0 Å². The van der Waals surface area contributed by atoms with E-state index < -0.39 is 5.41 Å². The maximum absolute atomic E-state index is 14.6. The van der Waals surface area contributed by atoms with Gasteiger partial charge in [-0.2, -0.15) is 0 Å². The molecule has 4 heteroatoms. The van der Waals surface area contributed by atoms with Crippen molar-refractivity contribution >= 4 is 11.6 Å². The Hall–Kier alpha value is -2.36. The fraction of sp³-hybridized carbons (Fsp3) is 0.458. The number of carbonyl (C=O) groups is 1. The van der Waals surface area contributed by atoms with E-state index in [0.29, 0.717) is 25.0 Å². The number of benzene rings is 2. The Morgan fingerprint density at radius 1 is 1.11 bits per heavy atom. The van der Waals surface area contributed by atoms with Crippen molar-refractivity contribution in [1.29, 1.82) is 0 Å². The summed E-state index contributed by atoms with van der Waals surface area (Å²) in [5, 5.41) is 3.08. The van der Waals surface area contributed by atoms with Gasteiger partial charge in [-0.15, -0.1) is 0 Å². The van der Waals surface area contributed by atoms with Crippen LogP contribution in [0.1, 0.15) is 62.1 Å². The van der Waals surface area contributed by atoms with E-state index in [-0.39, 0.29) is 11.7 Å². The fourth-order valence-corrected chi connectivity index (χ4v) is 4.33. The predicted molar refractivity (Wildman–Crippen MR) is 111 cm³/mol. The van der Waals surface area contributed by atoms with Crippen molar-refractivity contribution in [2.75, 3.05) is 11.9 Å². The van der Waals surface area contributed by atoms with Gasteiger partial charge in [0.05, 0.1) is 12.0 Å². The average molecular weight is 384 g/mol. The number of nitrogens with one attached hydrogen (secondary N) is 1. The number of aryl methyl sites for hydroxylation is 2. The molecule has 1 N–H and O–H groups in total. The van der Waals surface area contributed by atoms with Crippen molar-refractivity contribution in [3.05, 3.63) is 58.9 Å². The molecule has 1 fully saturated rings. The highest BCUT2D eigenvalue weighted by Gasteiger charge is 2.42. The second-order valence-corrected chi connectivity index (χ2v) is 7.86. The van der Waals surface area contributed by atoms with Crippen LogP contribution in [0.15, 0.2) is 36.4 Å². The zero-order valence-electron chi connectivity index (χ0n) is 17.1. The standard InChI is InChI=1S/C24H30FNO2/c1-4-14-28-22-17(2)15-19(16-18(22)3)26-23(27)24(12-8-5-9-13-24)20-10-6-7-11-21(20)25/h6-7,10-11,15-16H,4-5,8-9,12-14H2,1-3H3,(H,26,27). The first-order valence-electron chi connectivity index (χ1n) is 10.3. The van der Waals surface area contributed by atoms with Crippen molar-refractivity contribution in [2.45, 2.75) is 64.7 Å². The largest absolute Gasteiger partial charge is 0.493 e. The lowest BCUT2D eigenvalue weighted by Crippen LogP contribution is -2.42. The second kappa shape index (κ2) is 8.76. The van der Waals surface area contributed by atoms with Crippen LogP contribution in [-0.2, 0) is 10.2 Å². The van der Waals surface area contributed by atoms with E-state index in [1.807, 2.05) is 32.0 Å². The first kappa shape index (κ1) is 20.4. The molecule has 1 amide bonds. The van der Waals surface area contributed by atoms with E-state index >= 15 is 0 Å². The summed E-state index contributed by atoms with van der Waals surface area (Å²) in [6.45, 7) is 6.72. The van der Waals surface area contributed by atoms with Gasteiger partial charge in [-0.3, -0.25) is 4.79 Å². The van der Waals surface area contributed by atoms with Crippen molar-refractivity contribution in [2.24, 2.45) is 0 Å². The van der Waals surface area contributed by atoms with E-state index in [2.05, 4.69) is 12.2 Å². The first-order chi connectivity index (χ1) is 13.5. The molecule has 0 spiro atoms. The van der Waals surface area contributed by atoms with Gasteiger partial charge in [0.25, 0.3) is 0 Å². The van der Waals surface area contributed by atoms with Gasteiger partial charge in [-0.1, -0.05) is 44.4 Å². The molecule has 0 aromatic heterocycles. The third-order valence-corrected chi connectivity index (χ3v) is 5.70. The lowest BCUT2D eigenvalue weighted by Gasteiger charge is -2.36. The Morgan fingerprint density at radius 2 is 1.75 bits per heavy atom. The minimum Gasteiger partial charge on any atom is -0.493 e. The van der Waals surface area contributed by atoms with Crippen molar-refractivity contribution < 1.29 is 13.9 Å². The van der Waals surface area contributed by atoms with Crippen molar-refractivity contribution in [3.8, 4) is 5.75 Å². The van der Waals surface area contributed by atoms with Crippen LogP contribution in [0.5, 0.6) is 5.75 Å². The zero-order valence-corrected chi connectivity index (χ0v) is 17.1. The van der Waals surface area contributed by atoms with Crippen LogP contribution in [0.25, 0.3) is 0 Å². The molecular formula is C24H30FNO2. The summed E-state index contributed by atoms with van der Waals surface area (Å²) in [6.07, 6.45) is 5.26. The summed E-state index contributed by atoms with van der Waals surface area (Å²) in [6, 6.07) is 10.6. The monoisotopic (exact) mass is 383 g/mol. The topological polar surface area (TPSA) is 38.3 Å². The highest BCUT2D eigenvalue weighted by atomic mass is 19.1. The number of rotatable bonds is 6. The Kier molecular flexibility index (Phi) is 6.38. The average Bonchev–Trinajstić information content (AvgIpc) is 2.68. The van der Waals surface area contributed by atoms with Crippen LogP contribution in [0.3, 0.4) is 0 Å². The van der Waals surface area contributed by atoms with E-state index in [1.165, 1.54) is 6.07 Å². The molecule has 0 aliphatic heterocycles. The molecule has 0 atom stereocenters. The van der Waals surface area contributed by atoms with E-state index in [4.69, 9.17) is 4.74 Å². The number of halogens is 1. The number of hydrogen-bond acceptors (Lipinski definition) is 2. The molecular weight excluding hydrogens is 353 g/mol. The normalized spacial score (nSPS) is 15.9. The molecule has 1 aliphatic rings. The Bertz CT molecular complexity index is 817. The summed E-state index contributed by atoms with van der Waals surface area (Å²) in [4.78, 5) is 13.4. The van der Waals surface area contributed by atoms with Gasteiger partial charge in [0, 0.05) is 11.3 Å². The Morgan fingerprint density at radius 3 is 2.36 bits per heavy atom. The van der Waals surface area contributed by atoms with Gasteiger partial charge < -0.3 is 10.1 Å². The Balaban J connectivity index is 1.90. The third-order valence-electron chi connectivity index (χ3n) is 5.70. The van der Waals surface area contributed by atoms with E-state index in [1.54, 1.807) is 12.1 Å². The molecule has 150 valence electrons. The minimum atomic E-state index is -0.803. The lowest BCUT2D eigenvalue weighted by atomic mass is 9.68. The molecule has 1 aliphatic carbocycles. The number of hydrogen-bond donors (Lipinski definition) is 1. The molecule has 0 bridgehead atoms. The van der Waals surface area contributed by atoms with Gasteiger partial charge in [0.1, 0.15) is 11.6 Å². The van der Waals surface area contributed by atoms with Crippen LogP contribution in [0, 0.1) is 19.7 Å². The maximum Gasteiger partial charge on any atom is 0.235 e. The molecule has 2 aromatic rings. The summed E-state index contributed by atoms with van der Waals surface area (Å²) in [5.74, 6) is 0.467. The Labute approximate surface area is 167 Å². The zero-order chi connectivity index (χ0) is 20.1. The third kappa shape index (κ3) is 4.06. The minimum absolute atomic E-state index is 0.113. The molecule has 0 saturated heterocycles. The summed E-state index contributed by atoms with van der Waals surface area (Å²) < 4.78 is 20.5. The van der Waals surface area contributed by atoms with Crippen molar-refractivity contribution in [3.63, 3.8) is 0 Å². The molecule has 0 heterocycles. The number of amides is 1. The second-order valence-electron chi connectivity index (χ2n) is 7.86. The molecule has 0 unspecified atom stereocenters. The summed E-state index contributed by atoms with van der Waals surface area (Å²) in [5.41, 5.74) is 2.44. The van der Waals surface area contributed by atoms with Crippen molar-refractivity contribution in [1.82, 2.24) is 0 Å². The van der Waals surface area contributed by atoms with Gasteiger partial charge in [-0.25, -0.2) is 4.39 Å². The molecule has 3 rings (SSSR count). The molecule has 3 nitrogen and oxygen atoms in total. The van der Waals surface area contributed by atoms with E-state index in [9.17, 15) is 9.18 Å². The molecule has 1 saturated carbocycles. The van der Waals surface area contributed by atoms with Crippen LogP contribution < -0.4 is 10.1 Å². The van der Waals surface area contributed by atoms with Gasteiger partial charge in [0.15, 0.2) is 0 Å². The van der Waals surface area contributed by atoms with Crippen LogP contribution in [0.2, 0.25) is 0 Å². The summed E-state index contributed by atoms with van der Waals surface area (Å²) in [7, 11) is 0. The molecule has 0 radical (unpaired) electrons. The van der Waals surface area contributed by atoms with E-state index in [0.717, 1.165) is 48.2 Å². The summed E-state index contributed by atoms with van der Waals surface area (Å²) >= 11 is 0. The fourth-order valence-electron chi connectivity index (χ4n) is 4.33. The van der Waals surface area contributed by atoms with Crippen LogP contribution in [-0.4, -0.2) is 12.5 Å². The quantitative estimate of drug-likeness (QED) is 0.657.